The van der Waals surface area contributed by atoms with Crippen molar-refractivity contribution < 1.29 is 43.0 Å². The van der Waals surface area contributed by atoms with E-state index in [1.54, 1.807) is 26.0 Å². The van der Waals surface area contributed by atoms with Gasteiger partial charge in [-0.25, -0.2) is 0 Å². The van der Waals surface area contributed by atoms with Crippen molar-refractivity contribution in [1.29, 1.82) is 0 Å². The lowest BCUT2D eigenvalue weighted by Gasteiger charge is -2.37. The maximum atomic E-state index is 14.6. The summed E-state index contributed by atoms with van der Waals surface area (Å²) in [5.74, 6) is 0.378. The second kappa shape index (κ2) is 13.2. The minimum absolute atomic E-state index is 0.0918. The van der Waals surface area contributed by atoms with Gasteiger partial charge in [-0.1, -0.05) is 26.0 Å². The van der Waals surface area contributed by atoms with Crippen molar-refractivity contribution in [2.24, 2.45) is 5.73 Å². The monoisotopic (exact) mass is 676 g/mol. The molecule has 0 bridgehead atoms. The zero-order valence-corrected chi connectivity index (χ0v) is 28.7. The van der Waals surface area contributed by atoms with Gasteiger partial charge in [-0.2, -0.15) is 0 Å². The molecule has 3 aromatic carbocycles. The molecule has 2 N–H and O–H groups in total. The number of nitrogens with two attached hydrogens (primary N) is 1. The third-order valence-corrected chi connectivity index (χ3v) is 9.21. The topological polar surface area (TPSA) is 173 Å². The van der Waals surface area contributed by atoms with E-state index in [-0.39, 0.29) is 48.1 Å². The molecule has 2 atom stereocenters. The van der Waals surface area contributed by atoms with Crippen LogP contribution in [0.3, 0.4) is 0 Å². The van der Waals surface area contributed by atoms with Crippen LogP contribution in [0.5, 0.6) is 34.5 Å². The maximum absolute atomic E-state index is 14.6. The Bertz CT molecular complexity index is 1860. The molecular formula is C35H40N4O10. The maximum Gasteiger partial charge on any atom is 0.273 e. The Labute approximate surface area is 283 Å². The van der Waals surface area contributed by atoms with Gasteiger partial charge in [0, 0.05) is 46.3 Å². The number of likely N-dealkylation sites (N-methyl/N-ethyl adjacent to an activating group) is 1. The van der Waals surface area contributed by atoms with Crippen LogP contribution < -0.4 is 29.4 Å². The third kappa shape index (κ3) is 5.80. The van der Waals surface area contributed by atoms with Crippen molar-refractivity contribution in [2.45, 2.75) is 58.2 Å². The number of rotatable bonds is 11. The van der Waals surface area contributed by atoms with Gasteiger partial charge in [0.25, 0.3) is 5.69 Å². The molecule has 2 aliphatic rings. The Morgan fingerprint density at radius 3 is 2.00 bits per heavy atom. The fraction of sp³-hybridized carbons (Fsp3) is 0.400. The van der Waals surface area contributed by atoms with Crippen LogP contribution in [0.2, 0.25) is 0 Å². The van der Waals surface area contributed by atoms with Crippen LogP contribution in [0.25, 0.3) is 0 Å². The molecule has 1 fully saturated rings. The van der Waals surface area contributed by atoms with E-state index in [1.807, 2.05) is 26.0 Å². The first-order valence-corrected chi connectivity index (χ1v) is 15.6. The second-order valence-corrected chi connectivity index (χ2v) is 12.3. The minimum atomic E-state index is -1.07. The fourth-order valence-corrected chi connectivity index (χ4v) is 6.82. The largest absolute Gasteiger partial charge is 0.496 e. The van der Waals surface area contributed by atoms with Crippen molar-refractivity contribution in [2.75, 3.05) is 35.0 Å². The van der Waals surface area contributed by atoms with Gasteiger partial charge in [0.1, 0.15) is 35.2 Å². The number of amides is 3. The van der Waals surface area contributed by atoms with Crippen LogP contribution >= 0.6 is 0 Å². The number of nitro benzene ring substituents is 1. The highest BCUT2D eigenvalue weighted by Crippen LogP contribution is 2.54. The molecule has 0 aliphatic carbocycles. The van der Waals surface area contributed by atoms with Crippen LogP contribution in [-0.2, 0) is 32.6 Å². The van der Waals surface area contributed by atoms with Gasteiger partial charge in [0.15, 0.2) is 11.5 Å². The van der Waals surface area contributed by atoms with Crippen LogP contribution in [0.1, 0.15) is 61.7 Å². The number of nitro groups is 1. The first kappa shape index (κ1) is 34.8. The molecule has 3 aromatic rings. The molecule has 14 nitrogen and oxygen atoms in total. The van der Waals surface area contributed by atoms with E-state index in [0.29, 0.717) is 34.1 Å². The number of primary amides is 1. The number of carbonyl (C=O) groups is 3. The zero-order chi connectivity index (χ0) is 35.9. The highest BCUT2D eigenvalue weighted by Gasteiger charge is 2.48. The summed E-state index contributed by atoms with van der Waals surface area (Å²) in [5, 5.41) is 11.9. The van der Waals surface area contributed by atoms with Crippen molar-refractivity contribution in [3.8, 4) is 34.5 Å². The molecule has 0 saturated carbocycles. The van der Waals surface area contributed by atoms with Gasteiger partial charge in [0.2, 0.25) is 17.7 Å². The Hall–Kier alpha value is -5.53. The molecule has 49 heavy (non-hydrogen) atoms. The molecular weight excluding hydrogens is 636 g/mol. The number of hydrogen-bond acceptors (Lipinski definition) is 10. The number of ether oxygens (including phenoxy) is 5. The van der Waals surface area contributed by atoms with Crippen molar-refractivity contribution in [1.82, 2.24) is 9.80 Å². The first-order valence-electron chi connectivity index (χ1n) is 15.6. The molecule has 2 heterocycles. The number of carbonyl (C=O) groups excluding carboxylic acids is 3. The summed E-state index contributed by atoms with van der Waals surface area (Å²) in [6, 6.07) is 8.86. The van der Waals surface area contributed by atoms with Crippen molar-refractivity contribution in [3.05, 3.63) is 74.3 Å². The Morgan fingerprint density at radius 1 is 0.959 bits per heavy atom. The molecule has 2 aliphatic heterocycles. The SMILES string of the molecule is CCOc1c(OC)cc([N+](=O)[O-])cc1[C@@H]1N(C)C(=O)[C@H](C)N1C(=O)Cc1c(OC)ccc2c1Oc1c(ccc(OC)c1CC(N)=O)C2(C)C. The molecule has 3 amide bonds. The van der Waals surface area contributed by atoms with E-state index in [0.717, 1.165) is 11.1 Å². The van der Waals surface area contributed by atoms with Gasteiger partial charge in [-0.05, 0) is 26.0 Å². The van der Waals surface area contributed by atoms with Gasteiger partial charge in [-0.15, -0.1) is 0 Å². The summed E-state index contributed by atoms with van der Waals surface area (Å²) < 4.78 is 29.2. The fourth-order valence-electron chi connectivity index (χ4n) is 6.82. The summed E-state index contributed by atoms with van der Waals surface area (Å²) in [4.78, 5) is 54.3. The number of non-ortho nitro benzene ring substituents is 1. The Balaban J connectivity index is 1.66. The molecule has 0 unspecified atom stereocenters. The first-order chi connectivity index (χ1) is 23.2. The highest BCUT2D eigenvalue weighted by atomic mass is 16.6. The van der Waals surface area contributed by atoms with Crippen LogP contribution in [0.15, 0.2) is 36.4 Å². The minimum Gasteiger partial charge on any atom is -0.496 e. The van der Waals surface area contributed by atoms with Crippen molar-refractivity contribution >= 4 is 23.4 Å². The molecule has 14 heteroatoms. The Morgan fingerprint density at radius 2 is 1.51 bits per heavy atom. The van der Waals surface area contributed by atoms with Crippen LogP contribution in [0.4, 0.5) is 5.69 Å². The van der Waals surface area contributed by atoms with Gasteiger partial charge >= 0.3 is 0 Å². The lowest BCUT2D eigenvalue weighted by atomic mass is 9.74. The van der Waals surface area contributed by atoms with Crippen LogP contribution in [-0.4, -0.2) is 73.5 Å². The molecule has 260 valence electrons. The lowest BCUT2D eigenvalue weighted by Crippen LogP contribution is -2.39. The van der Waals surface area contributed by atoms with E-state index in [1.165, 1.54) is 50.3 Å². The number of hydrogen-bond donors (Lipinski definition) is 1. The van der Waals surface area contributed by atoms with E-state index in [2.05, 4.69) is 0 Å². The molecule has 0 radical (unpaired) electrons. The molecule has 5 rings (SSSR count). The second-order valence-electron chi connectivity index (χ2n) is 12.3. The quantitative estimate of drug-likeness (QED) is 0.226. The number of methoxy groups -OCH3 is 3. The van der Waals surface area contributed by atoms with Crippen LogP contribution in [0, 0.1) is 10.1 Å². The predicted molar refractivity (Wildman–Crippen MR) is 177 cm³/mol. The van der Waals surface area contributed by atoms with E-state index >= 15 is 0 Å². The van der Waals surface area contributed by atoms with Gasteiger partial charge in [-0.3, -0.25) is 24.5 Å². The summed E-state index contributed by atoms with van der Waals surface area (Å²) in [5.41, 5.74) is 7.32. The third-order valence-electron chi connectivity index (χ3n) is 9.21. The average Bonchev–Trinajstić information content (AvgIpc) is 3.28. The standard InChI is InChI=1S/C35H40N4O10/c1-9-48-32-22(14-19(39(43)44)15-27(32)47-8)33-37(5)34(42)18(2)38(33)29(41)17-21-26(46-7)13-11-24-31(21)49-30-20(16-28(36)40)25(45-6)12-10-23(30)35(24,3)4/h10-15,18,33H,9,16-17H2,1-8H3,(H2,36,40)/t18-,33+/m0/s1. The van der Waals surface area contributed by atoms with Gasteiger partial charge in [0.05, 0.1) is 51.8 Å². The predicted octanol–water partition coefficient (Wildman–Crippen LogP) is 4.41. The normalized spacial score (nSPS) is 17.5. The zero-order valence-electron chi connectivity index (χ0n) is 28.7. The molecule has 0 aromatic heterocycles. The summed E-state index contributed by atoms with van der Waals surface area (Å²) in [7, 11) is 5.84. The Kier molecular flexibility index (Phi) is 9.35. The van der Waals surface area contributed by atoms with E-state index < -0.39 is 34.4 Å². The molecule has 1 saturated heterocycles. The lowest BCUT2D eigenvalue weighted by molar-refractivity contribution is -0.385. The van der Waals surface area contributed by atoms with Crippen molar-refractivity contribution in [3.63, 3.8) is 0 Å². The highest BCUT2D eigenvalue weighted by molar-refractivity contribution is 5.93. The summed E-state index contributed by atoms with van der Waals surface area (Å²) in [6.07, 6.45) is -1.49. The summed E-state index contributed by atoms with van der Waals surface area (Å²) >= 11 is 0. The number of fused-ring (bicyclic) bond motifs is 2. The average molecular weight is 677 g/mol. The van der Waals surface area contributed by atoms with E-state index in [9.17, 15) is 24.5 Å². The van der Waals surface area contributed by atoms with Gasteiger partial charge < -0.3 is 39.2 Å². The summed E-state index contributed by atoms with van der Waals surface area (Å²) in [6.45, 7) is 7.54. The number of benzene rings is 3. The molecule has 0 spiro atoms. The van der Waals surface area contributed by atoms with E-state index in [4.69, 9.17) is 29.4 Å². The number of nitrogens with zero attached hydrogens (tertiary/aromatic N) is 3. The smallest absolute Gasteiger partial charge is 0.273 e.